The third kappa shape index (κ3) is 1.75. The van der Waals surface area contributed by atoms with Gasteiger partial charge in [0.25, 0.3) is 0 Å². The lowest BCUT2D eigenvalue weighted by atomic mass is 10.2. The van der Waals surface area contributed by atoms with Gasteiger partial charge in [-0.25, -0.2) is 4.98 Å². The number of para-hydroxylation sites is 1. The number of aryl methyl sites for hydroxylation is 1. The van der Waals surface area contributed by atoms with Crippen LogP contribution in [0.25, 0.3) is 11.0 Å². The first kappa shape index (κ1) is 10.2. The molecule has 1 aromatic heterocycles. The average Bonchev–Trinajstić information content (AvgIpc) is 2.65. The van der Waals surface area contributed by atoms with Gasteiger partial charge in [0.1, 0.15) is 5.82 Å². The van der Waals surface area contributed by atoms with Gasteiger partial charge in [0.2, 0.25) is 0 Å². The van der Waals surface area contributed by atoms with Gasteiger partial charge < -0.3 is 10.3 Å². The lowest BCUT2D eigenvalue weighted by molar-refractivity contribution is 0.551. The number of nitrogens with one attached hydrogen (secondary N) is 2. The molecule has 0 unspecified atom stereocenters. The third-order valence-corrected chi connectivity index (χ3v) is 2.82. The van der Waals surface area contributed by atoms with Crippen LogP contribution in [0.2, 0.25) is 0 Å². The maximum absolute atomic E-state index is 4.64. The standard InChI is InChI=1S/C12H17N3/c1-4-9(13-3)12-14-10-7-5-6-8(2)11(10)15-12/h5-7,9,13H,4H2,1-3H3,(H,14,15)/t9-/m0/s1. The van der Waals surface area contributed by atoms with Crippen LogP contribution in [-0.2, 0) is 0 Å². The van der Waals surface area contributed by atoms with Crippen LogP contribution in [0.15, 0.2) is 18.2 Å². The molecule has 2 aromatic rings. The highest BCUT2D eigenvalue weighted by molar-refractivity contribution is 5.78. The highest BCUT2D eigenvalue weighted by Crippen LogP contribution is 2.20. The number of hydrogen-bond donors (Lipinski definition) is 2. The van der Waals surface area contributed by atoms with Crippen molar-refractivity contribution in [3.63, 3.8) is 0 Å². The number of nitrogens with zero attached hydrogens (tertiary/aromatic N) is 1. The molecule has 1 atom stereocenters. The number of fused-ring (bicyclic) bond motifs is 1. The van der Waals surface area contributed by atoms with Gasteiger partial charge >= 0.3 is 0 Å². The Bertz CT molecular complexity index is 455. The van der Waals surface area contributed by atoms with Crippen molar-refractivity contribution in [3.05, 3.63) is 29.6 Å². The average molecular weight is 203 g/mol. The van der Waals surface area contributed by atoms with Crippen molar-refractivity contribution in [2.45, 2.75) is 26.3 Å². The molecule has 3 nitrogen and oxygen atoms in total. The molecule has 0 aliphatic carbocycles. The minimum Gasteiger partial charge on any atom is -0.341 e. The molecule has 0 radical (unpaired) electrons. The van der Waals surface area contributed by atoms with Gasteiger partial charge in [-0.2, -0.15) is 0 Å². The summed E-state index contributed by atoms with van der Waals surface area (Å²) in [6.45, 7) is 4.24. The summed E-state index contributed by atoms with van der Waals surface area (Å²) in [5.74, 6) is 1.03. The summed E-state index contributed by atoms with van der Waals surface area (Å²) in [4.78, 5) is 8.00. The number of hydrogen-bond acceptors (Lipinski definition) is 2. The van der Waals surface area contributed by atoms with Crippen LogP contribution in [-0.4, -0.2) is 17.0 Å². The van der Waals surface area contributed by atoms with E-state index in [1.165, 1.54) is 5.56 Å². The Balaban J connectivity index is 2.51. The molecule has 0 bridgehead atoms. The van der Waals surface area contributed by atoms with Crippen molar-refractivity contribution in [1.82, 2.24) is 15.3 Å². The van der Waals surface area contributed by atoms with Gasteiger partial charge in [-0.3, -0.25) is 0 Å². The molecule has 1 aromatic carbocycles. The quantitative estimate of drug-likeness (QED) is 0.804. The molecule has 0 spiro atoms. The van der Waals surface area contributed by atoms with Crippen LogP contribution in [0.4, 0.5) is 0 Å². The number of imidazole rings is 1. The summed E-state index contributed by atoms with van der Waals surface area (Å²) in [5, 5.41) is 3.25. The molecular formula is C12H17N3. The van der Waals surface area contributed by atoms with E-state index < -0.39 is 0 Å². The van der Waals surface area contributed by atoms with Gasteiger partial charge in [-0.05, 0) is 32.0 Å². The van der Waals surface area contributed by atoms with E-state index in [1.54, 1.807) is 0 Å². The van der Waals surface area contributed by atoms with Crippen LogP contribution in [0.1, 0.15) is 30.8 Å². The van der Waals surface area contributed by atoms with Crippen molar-refractivity contribution in [2.24, 2.45) is 0 Å². The zero-order valence-corrected chi connectivity index (χ0v) is 9.46. The fourth-order valence-electron chi connectivity index (χ4n) is 1.89. The number of benzene rings is 1. The van der Waals surface area contributed by atoms with Crippen molar-refractivity contribution in [3.8, 4) is 0 Å². The zero-order chi connectivity index (χ0) is 10.8. The number of rotatable bonds is 3. The molecule has 0 amide bonds. The summed E-state index contributed by atoms with van der Waals surface area (Å²) in [7, 11) is 1.97. The van der Waals surface area contributed by atoms with Gasteiger partial charge in [-0.15, -0.1) is 0 Å². The summed E-state index contributed by atoms with van der Waals surface area (Å²) >= 11 is 0. The molecule has 15 heavy (non-hydrogen) atoms. The lowest BCUT2D eigenvalue weighted by Gasteiger charge is -2.09. The second-order valence-electron chi connectivity index (χ2n) is 3.84. The van der Waals surface area contributed by atoms with Gasteiger partial charge in [-0.1, -0.05) is 19.1 Å². The van der Waals surface area contributed by atoms with E-state index in [2.05, 4.69) is 47.3 Å². The van der Waals surface area contributed by atoms with Crippen molar-refractivity contribution >= 4 is 11.0 Å². The molecular weight excluding hydrogens is 186 g/mol. The summed E-state index contributed by atoms with van der Waals surface area (Å²) in [6.07, 6.45) is 1.04. The summed E-state index contributed by atoms with van der Waals surface area (Å²) in [6, 6.07) is 6.53. The predicted molar refractivity (Wildman–Crippen MR) is 62.9 cm³/mol. The van der Waals surface area contributed by atoms with E-state index in [0.29, 0.717) is 6.04 Å². The monoisotopic (exact) mass is 203 g/mol. The topological polar surface area (TPSA) is 40.7 Å². The van der Waals surface area contributed by atoms with Gasteiger partial charge in [0.05, 0.1) is 17.1 Å². The minimum atomic E-state index is 0.316. The Morgan fingerprint density at radius 1 is 1.47 bits per heavy atom. The smallest absolute Gasteiger partial charge is 0.124 e. The van der Waals surface area contributed by atoms with Crippen LogP contribution in [0.5, 0.6) is 0 Å². The van der Waals surface area contributed by atoms with E-state index in [4.69, 9.17) is 0 Å². The second-order valence-corrected chi connectivity index (χ2v) is 3.84. The lowest BCUT2D eigenvalue weighted by Crippen LogP contribution is -2.16. The first-order valence-electron chi connectivity index (χ1n) is 5.38. The number of aromatic amines is 1. The minimum absolute atomic E-state index is 0.316. The first-order chi connectivity index (χ1) is 7.26. The molecule has 80 valence electrons. The Hall–Kier alpha value is -1.35. The second kappa shape index (κ2) is 4.03. The van der Waals surface area contributed by atoms with Gasteiger partial charge in [0.15, 0.2) is 0 Å². The molecule has 0 saturated carbocycles. The predicted octanol–water partition coefficient (Wildman–Crippen LogP) is 2.54. The van der Waals surface area contributed by atoms with Crippen LogP contribution >= 0.6 is 0 Å². The van der Waals surface area contributed by atoms with E-state index >= 15 is 0 Å². The van der Waals surface area contributed by atoms with E-state index in [-0.39, 0.29) is 0 Å². The Morgan fingerprint density at radius 3 is 2.87 bits per heavy atom. The van der Waals surface area contributed by atoms with Crippen LogP contribution < -0.4 is 5.32 Å². The van der Waals surface area contributed by atoms with Crippen LogP contribution in [0.3, 0.4) is 0 Å². The molecule has 0 saturated heterocycles. The largest absolute Gasteiger partial charge is 0.341 e. The molecule has 2 rings (SSSR count). The Kier molecular flexibility index (Phi) is 2.73. The molecule has 0 fully saturated rings. The SMILES string of the molecule is CC[C@H](NC)c1nc2c(C)cccc2[nH]1. The van der Waals surface area contributed by atoms with Crippen molar-refractivity contribution < 1.29 is 0 Å². The zero-order valence-electron chi connectivity index (χ0n) is 9.46. The van der Waals surface area contributed by atoms with Crippen LogP contribution in [0, 0.1) is 6.92 Å². The van der Waals surface area contributed by atoms with Gasteiger partial charge in [0, 0.05) is 0 Å². The normalized spacial score (nSPS) is 13.3. The summed E-state index contributed by atoms with van der Waals surface area (Å²) in [5.41, 5.74) is 3.43. The van der Waals surface area contributed by atoms with Crippen molar-refractivity contribution in [2.75, 3.05) is 7.05 Å². The molecule has 3 heteroatoms. The highest BCUT2D eigenvalue weighted by Gasteiger charge is 2.11. The Labute approximate surface area is 89.9 Å². The molecule has 0 aliphatic rings. The van der Waals surface area contributed by atoms with E-state index in [9.17, 15) is 0 Å². The fraction of sp³-hybridized carbons (Fsp3) is 0.417. The highest BCUT2D eigenvalue weighted by atomic mass is 15.0. The molecule has 0 aliphatic heterocycles. The summed E-state index contributed by atoms with van der Waals surface area (Å²) < 4.78 is 0. The number of aromatic nitrogens is 2. The first-order valence-corrected chi connectivity index (χ1v) is 5.38. The Morgan fingerprint density at radius 2 is 2.27 bits per heavy atom. The number of H-pyrrole nitrogens is 1. The third-order valence-electron chi connectivity index (χ3n) is 2.82. The van der Waals surface area contributed by atoms with E-state index in [0.717, 1.165) is 23.3 Å². The fourth-order valence-corrected chi connectivity index (χ4v) is 1.89. The maximum atomic E-state index is 4.64. The van der Waals surface area contributed by atoms with E-state index in [1.807, 2.05) is 7.05 Å². The molecule has 2 N–H and O–H groups in total. The van der Waals surface area contributed by atoms with Crippen molar-refractivity contribution in [1.29, 1.82) is 0 Å². The maximum Gasteiger partial charge on any atom is 0.124 e. The molecule has 1 heterocycles.